The number of aromatic nitrogens is 1. The zero-order valence-electron chi connectivity index (χ0n) is 8.56. The maximum Gasteiger partial charge on any atom is 0.213 e. The van der Waals surface area contributed by atoms with Gasteiger partial charge in [-0.3, -0.25) is 0 Å². The van der Waals surface area contributed by atoms with Crippen molar-refractivity contribution in [1.29, 1.82) is 0 Å². The fraction of sp³-hybridized carbons (Fsp3) is 0.545. The topological polar surface area (TPSA) is 51.6 Å². The molecule has 1 fully saturated rings. The summed E-state index contributed by atoms with van der Waals surface area (Å²) in [5.41, 5.74) is 0.638. The average Bonchev–Trinajstić information content (AvgIpc) is 2.31. The first-order valence-electron chi connectivity index (χ1n) is 5.19. The second kappa shape index (κ2) is 5.09. The second-order valence-electron chi connectivity index (χ2n) is 3.55. The first kappa shape index (κ1) is 10.4. The highest BCUT2D eigenvalue weighted by Gasteiger charge is 2.15. The van der Waals surface area contributed by atoms with Crippen molar-refractivity contribution in [2.45, 2.75) is 25.6 Å². The Balaban J connectivity index is 1.96. The van der Waals surface area contributed by atoms with Crippen LogP contribution in [-0.4, -0.2) is 29.4 Å². The molecule has 82 valence electrons. The molecule has 0 radical (unpaired) electrons. The van der Waals surface area contributed by atoms with Crippen LogP contribution in [0.25, 0.3) is 0 Å². The molecule has 1 aromatic rings. The number of pyridine rings is 1. The number of aliphatic hydroxyl groups is 1. The molecule has 0 saturated carbocycles. The third-order valence-electron chi connectivity index (χ3n) is 2.40. The maximum absolute atomic E-state index is 8.93. The Labute approximate surface area is 88.9 Å². The second-order valence-corrected chi connectivity index (χ2v) is 3.55. The smallest absolute Gasteiger partial charge is 0.213 e. The molecule has 0 aromatic carbocycles. The van der Waals surface area contributed by atoms with Crippen LogP contribution in [0.5, 0.6) is 5.88 Å². The average molecular weight is 209 g/mol. The number of aliphatic hydroxyl groups excluding tert-OH is 1. The fourth-order valence-electron chi connectivity index (χ4n) is 1.58. The normalized spacial score (nSPS) is 17.7. The Kier molecular flexibility index (Phi) is 3.53. The lowest BCUT2D eigenvalue weighted by atomic mass is 10.1. The largest absolute Gasteiger partial charge is 0.474 e. The van der Waals surface area contributed by atoms with E-state index in [4.69, 9.17) is 14.6 Å². The van der Waals surface area contributed by atoms with Gasteiger partial charge in [0.2, 0.25) is 5.88 Å². The molecule has 1 aliphatic heterocycles. The van der Waals surface area contributed by atoms with Crippen molar-refractivity contribution < 1.29 is 14.6 Å². The van der Waals surface area contributed by atoms with Gasteiger partial charge in [0.15, 0.2) is 0 Å². The lowest BCUT2D eigenvalue weighted by Gasteiger charge is -2.22. The summed E-state index contributed by atoms with van der Waals surface area (Å²) in [5, 5.41) is 8.93. The van der Waals surface area contributed by atoms with Crippen molar-refractivity contribution in [2.75, 3.05) is 13.2 Å². The van der Waals surface area contributed by atoms with Gasteiger partial charge in [0, 0.05) is 18.9 Å². The van der Waals surface area contributed by atoms with Gasteiger partial charge in [0.1, 0.15) is 6.10 Å². The van der Waals surface area contributed by atoms with E-state index < -0.39 is 0 Å². The van der Waals surface area contributed by atoms with E-state index in [0.717, 1.165) is 26.1 Å². The minimum atomic E-state index is -0.0506. The minimum Gasteiger partial charge on any atom is -0.474 e. The van der Waals surface area contributed by atoms with Gasteiger partial charge < -0.3 is 14.6 Å². The highest BCUT2D eigenvalue weighted by Crippen LogP contribution is 2.15. The third kappa shape index (κ3) is 2.91. The van der Waals surface area contributed by atoms with Crippen molar-refractivity contribution >= 4 is 0 Å². The summed E-state index contributed by atoms with van der Waals surface area (Å²) in [7, 11) is 0. The Morgan fingerprint density at radius 3 is 2.93 bits per heavy atom. The highest BCUT2D eigenvalue weighted by atomic mass is 16.5. The lowest BCUT2D eigenvalue weighted by molar-refractivity contribution is 0.0235. The molecular weight excluding hydrogens is 194 g/mol. The van der Waals surface area contributed by atoms with E-state index in [1.807, 2.05) is 12.1 Å². The molecule has 1 N–H and O–H groups in total. The van der Waals surface area contributed by atoms with Crippen LogP contribution in [0.2, 0.25) is 0 Å². The Morgan fingerprint density at radius 1 is 1.40 bits per heavy atom. The summed E-state index contributed by atoms with van der Waals surface area (Å²) in [6.07, 6.45) is 2.01. The standard InChI is InChI=1S/C11H15NO3/c13-8-9-2-1-3-11(12-9)15-10-4-6-14-7-5-10/h1-3,10,13H,4-8H2. The summed E-state index contributed by atoms with van der Waals surface area (Å²) in [6, 6.07) is 5.43. The van der Waals surface area contributed by atoms with Gasteiger partial charge in [-0.25, -0.2) is 4.98 Å². The number of rotatable bonds is 3. The summed E-state index contributed by atoms with van der Waals surface area (Å²) in [4.78, 5) is 4.17. The van der Waals surface area contributed by atoms with Gasteiger partial charge in [0.25, 0.3) is 0 Å². The molecule has 1 saturated heterocycles. The van der Waals surface area contributed by atoms with Crippen LogP contribution < -0.4 is 4.74 Å². The van der Waals surface area contributed by atoms with Crippen LogP contribution in [0.3, 0.4) is 0 Å². The predicted molar refractivity (Wildman–Crippen MR) is 54.6 cm³/mol. The molecule has 4 nitrogen and oxygen atoms in total. The lowest BCUT2D eigenvalue weighted by Crippen LogP contribution is -2.26. The van der Waals surface area contributed by atoms with Crippen LogP contribution in [0.15, 0.2) is 18.2 Å². The molecule has 15 heavy (non-hydrogen) atoms. The monoisotopic (exact) mass is 209 g/mol. The van der Waals surface area contributed by atoms with Crippen LogP contribution in [0, 0.1) is 0 Å². The molecule has 0 aliphatic carbocycles. The van der Waals surface area contributed by atoms with Gasteiger partial charge in [0.05, 0.1) is 25.5 Å². The molecule has 2 heterocycles. The van der Waals surface area contributed by atoms with Crippen molar-refractivity contribution in [2.24, 2.45) is 0 Å². The zero-order chi connectivity index (χ0) is 10.5. The van der Waals surface area contributed by atoms with E-state index in [1.54, 1.807) is 6.07 Å². The zero-order valence-corrected chi connectivity index (χ0v) is 8.56. The minimum absolute atomic E-state index is 0.0506. The van der Waals surface area contributed by atoms with E-state index >= 15 is 0 Å². The van der Waals surface area contributed by atoms with Gasteiger partial charge in [-0.05, 0) is 6.07 Å². The molecule has 1 aromatic heterocycles. The van der Waals surface area contributed by atoms with Crippen LogP contribution in [-0.2, 0) is 11.3 Å². The van der Waals surface area contributed by atoms with E-state index in [1.165, 1.54) is 0 Å². The number of hydrogen-bond acceptors (Lipinski definition) is 4. The summed E-state index contributed by atoms with van der Waals surface area (Å²) in [6.45, 7) is 1.46. The van der Waals surface area contributed by atoms with Crippen molar-refractivity contribution in [3.05, 3.63) is 23.9 Å². The first-order chi connectivity index (χ1) is 7.38. The molecule has 2 rings (SSSR count). The molecule has 0 amide bonds. The Morgan fingerprint density at radius 2 is 2.20 bits per heavy atom. The van der Waals surface area contributed by atoms with Crippen molar-refractivity contribution in [3.63, 3.8) is 0 Å². The van der Waals surface area contributed by atoms with E-state index in [0.29, 0.717) is 11.6 Å². The number of ether oxygens (including phenoxy) is 2. The fourth-order valence-corrected chi connectivity index (χ4v) is 1.58. The molecule has 0 spiro atoms. The molecule has 1 aliphatic rings. The van der Waals surface area contributed by atoms with Crippen LogP contribution in [0.4, 0.5) is 0 Å². The first-order valence-corrected chi connectivity index (χ1v) is 5.19. The van der Waals surface area contributed by atoms with E-state index in [9.17, 15) is 0 Å². The quantitative estimate of drug-likeness (QED) is 0.810. The summed E-state index contributed by atoms with van der Waals surface area (Å²) < 4.78 is 10.9. The van der Waals surface area contributed by atoms with Crippen LogP contribution >= 0.6 is 0 Å². The molecular formula is C11H15NO3. The van der Waals surface area contributed by atoms with Crippen molar-refractivity contribution in [3.8, 4) is 5.88 Å². The van der Waals surface area contributed by atoms with Crippen LogP contribution in [0.1, 0.15) is 18.5 Å². The molecule has 0 atom stereocenters. The number of nitrogens with zero attached hydrogens (tertiary/aromatic N) is 1. The van der Waals surface area contributed by atoms with E-state index in [2.05, 4.69) is 4.98 Å². The van der Waals surface area contributed by atoms with Gasteiger partial charge >= 0.3 is 0 Å². The van der Waals surface area contributed by atoms with Gasteiger partial charge in [-0.2, -0.15) is 0 Å². The summed E-state index contributed by atoms with van der Waals surface area (Å²) in [5.74, 6) is 0.591. The Bertz CT molecular complexity index is 310. The maximum atomic E-state index is 8.93. The summed E-state index contributed by atoms with van der Waals surface area (Å²) >= 11 is 0. The van der Waals surface area contributed by atoms with Crippen molar-refractivity contribution in [1.82, 2.24) is 4.98 Å². The predicted octanol–water partition coefficient (Wildman–Crippen LogP) is 1.13. The highest BCUT2D eigenvalue weighted by molar-refractivity contribution is 5.15. The number of hydrogen-bond donors (Lipinski definition) is 1. The molecule has 0 unspecified atom stereocenters. The Hall–Kier alpha value is -1.13. The van der Waals surface area contributed by atoms with E-state index in [-0.39, 0.29) is 12.7 Å². The third-order valence-corrected chi connectivity index (χ3v) is 2.40. The SMILES string of the molecule is OCc1cccc(OC2CCOCC2)n1. The molecule has 0 bridgehead atoms. The van der Waals surface area contributed by atoms with Gasteiger partial charge in [-0.15, -0.1) is 0 Å². The molecule has 4 heteroatoms. The van der Waals surface area contributed by atoms with Gasteiger partial charge in [-0.1, -0.05) is 6.07 Å².